The highest BCUT2D eigenvalue weighted by atomic mass is 16.6. The molecule has 0 spiro atoms. The highest BCUT2D eigenvalue weighted by Gasteiger charge is 1.99. The van der Waals surface area contributed by atoms with Gasteiger partial charge < -0.3 is 10.2 Å². The largest absolute Gasteiger partial charge is 0.503 e. The Hall–Kier alpha value is -3.33. The number of carbonyl (C=O) groups is 1. The Kier molecular flexibility index (Phi) is 6.55. The van der Waals surface area contributed by atoms with Crippen LogP contribution in [0.4, 0.5) is 4.79 Å². The number of benzene rings is 3. The Morgan fingerprint density at radius 2 is 1.16 bits per heavy atom. The van der Waals surface area contributed by atoms with Crippen LogP contribution in [0.1, 0.15) is 18.1 Å². The SMILES string of the molecule is CC(=Cc1ccccc1)c1ccc(-c2ccccc2)cc1.O=C(O)O. The topological polar surface area (TPSA) is 57.5 Å². The molecule has 0 bridgehead atoms. The molecular formula is C22H20O3. The molecule has 0 amide bonds. The lowest BCUT2D eigenvalue weighted by Gasteiger charge is -2.05. The molecule has 3 aromatic rings. The molecule has 0 radical (unpaired) electrons. The minimum atomic E-state index is -1.83. The fraction of sp³-hybridized carbons (Fsp3) is 0.0455. The molecule has 0 aliphatic carbocycles. The summed E-state index contributed by atoms with van der Waals surface area (Å²) in [5.41, 5.74) is 6.29. The summed E-state index contributed by atoms with van der Waals surface area (Å²) in [5.74, 6) is 0. The van der Waals surface area contributed by atoms with Crippen LogP contribution in [0.3, 0.4) is 0 Å². The van der Waals surface area contributed by atoms with Gasteiger partial charge >= 0.3 is 6.16 Å². The maximum Gasteiger partial charge on any atom is 0.503 e. The van der Waals surface area contributed by atoms with Crippen LogP contribution in [-0.2, 0) is 0 Å². The predicted molar refractivity (Wildman–Crippen MR) is 103 cm³/mol. The van der Waals surface area contributed by atoms with E-state index < -0.39 is 6.16 Å². The molecule has 0 atom stereocenters. The van der Waals surface area contributed by atoms with Gasteiger partial charge in [-0.2, -0.15) is 0 Å². The van der Waals surface area contributed by atoms with Crippen LogP contribution >= 0.6 is 0 Å². The fourth-order valence-corrected chi connectivity index (χ4v) is 2.44. The van der Waals surface area contributed by atoms with Gasteiger partial charge in [0.05, 0.1) is 0 Å². The van der Waals surface area contributed by atoms with Gasteiger partial charge in [0.2, 0.25) is 0 Å². The molecule has 0 saturated heterocycles. The zero-order valence-electron chi connectivity index (χ0n) is 14.0. The van der Waals surface area contributed by atoms with Gasteiger partial charge in [0, 0.05) is 0 Å². The van der Waals surface area contributed by atoms with E-state index in [2.05, 4.69) is 85.8 Å². The quantitative estimate of drug-likeness (QED) is 0.567. The van der Waals surface area contributed by atoms with Gasteiger partial charge in [0.25, 0.3) is 0 Å². The molecule has 0 unspecified atom stereocenters. The van der Waals surface area contributed by atoms with Gasteiger partial charge in [-0.05, 0) is 34.8 Å². The number of hydrogen-bond acceptors (Lipinski definition) is 1. The average molecular weight is 332 g/mol. The maximum absolute atomic E-state index is 8.56. The van der Waals surface area contributed by atoms with Crippen molar-refractivity contribution in [2.24, 2.45) is 0 Å². The minimum Gasteiger partial charge on any atom is -0.450 e. The van der Waals surface area contributed by atoms with Crippen LogP contribution in [-0.4, -0.2) is 16.4 Å². The molecule has 0 aliphatic heterocycles. The monoisotopic (exact) mass is 332 g/mol. The number of hydrogen-bond donors (Lipinski definition) is 2. The van der Waals surface area contributed by atoms with E-state index in [0.717, 1.165) is 0 Å². The van der Waals surface area contributed by atoms with Gasteiger partial charge in [0.1, 0.15) is 0 Å². The first kappa shape index (κ1) is 18.0. The first-order valence-electron chi connectivity index (χ1n) is 7.87. The zero-order valence-corrected chi connectivity index (χ0v) is 14.0. The summed E-state index contributed by atoms with van der Waals surface area (Å²) in [4.78, 5) is 8.56. The van der Waals surface area contributed by atoms with E-state index in [4.69, 9.17) is 15.0 Å². The third kappa shape index (κ3) is 5.99. The molecule has 3 nitrogen and oxygen atoms in total. The summed E-state index contributed by atoms with van der Waals surface area (Å²) in [6.45, 7) is 2.16. The molecule has 0 aromatic heterocycles. The van der Waals surface area contributed by atoms with Gasteiger partial charge in [-0.15, -0.1) is 0 Å². The molecule has 0 aliphatic rings. The van der Waals surface area contributed by atoms with Crippen LogP contribution < -0.4 is 0 Å². The predicted octanol–water partition coefficient (Wildman–Crippen LogP) is 6.14. The smallest absolute Gasteiger partial charge is 0.450 e. The van der Waals surface area contributed by atoms with Crippen molar-refractivity contribution in [1.29, 1.82) is 0 Å². The lowest BCUT2D eigenvalue weighted by Crippen LogP contribution is -1.82. The lowest BCUT2D eigenvalue weighted by molar-refractivity contribution is 0.137. The Morgan fingerprint density at radius 3 is 1.68 bits per heavy atom. The van der Waals surface area contributed by atoms with E-state index in [-0.39, 0.29) is 0 Å². The third-order valence-corrected chi connectivity index (χ3v) is 3.63. The van der Waals surface area contributed by atoms with Crippen molar-refractivity contribution in [1.82, 2.24) is 0 Å². The van der Waals surface area contributed by atoms with E-state index >= 15 is 0 Å². The molecule has 0 saturated carbocycles. The molecule has 3 heteroatoms. The highest BCUT2D eigenvalue weighted by molar-refractivity contribution is 5.81. The molecule has 126 valence electrons. The molecule has 25 heavy (non-hydrogen) atoms. The number of carboxylic acid groups (broad SMARTS) is 2. The second-order valence-electron chi connectivity index (χ2n) is 5.46. The first-order chi connectivity index (χ1) is 12.1. The van der Waals surface area contributed by atoms with Crippen LogP contribution in [0.5, 0.6) is 0 Å². The van der Waals surface area contributed by atoms with Crippen molar-refractivity contribution in [3.05, 3.63) is 96.1 Å². The summed E-state index contributed by atoms with van der Waals surface area (Å²) in [6.07, 6.45) is 0.386. The van der Waals surface area contributed by atoms with E-state index in [1.165, 1.54) is 27.8 Å². The van der Waals surface area contributed by atoms with Gasteiger partial charge in [0.15, 0.2) is 0 Å². The molecular weight excluding hydrogens is 312 g/mol. The third-order valence-electron chi connectivity index (χ3n) is 3.63. The van der Waals surface area contributed by atoms with E-state index in [1.807, 2.05) is 12.1 Å². The van der Waals surface area contributed by atoms with Gasteiger partial charge in [-0.3, -0.25) is 0 Å². The fourth-order valence-electron chi connectivity index (χ4n) is 2.44. The van der Waals surface area contributed by atoms with E-state index in [9.17, 15) is 0 Å². The zero-order chi connectivity index (χ0) is 18.1. The van der Waals surface area contributed by atoms with Crippen molar-refractivity contribution < 1.29 is 15.0 Å². The Bertz CT molecular complexity index is 816. The summed E-state index contributed by atoms with van der Waals surface area (Å²) >= 11 is 0. The second kappa shape index (κ2) is 9.08. The van der Waals surface area contributed by atoms with Crippen LogP contribution in [0.25, 0.3) is 22.8 Å². The van der Waals surface area contributed by atoms with E-state index in [1.54, 1.807) is 0 Å². The van der Waals surface area contributed by atoms with Crippen LogP contribution in [0.2, 0.25) is 0 Å². The summed E-state index contributed by atoms with van der Waals surface area (Å²) < 4.78 is 0. The molecule has 3 aromatic carbocycles. The summed E-state index contributed by atoms with van der Waals surface area (Å²) in [6, 6.07) is 29.7. The van der Waals surface area contributed by atoms with Gasteiger partial charge in [-0.25, -0.2) is 4.79 Å². The van der Waals surface area contributed by atoms with Crippen LogP contribution in [0, 0.1) is 0 Å². The summed E-state index contributed by atoms with van der Waals surface area (Å²) in [7, 11) is 0. The van der Waals surface area contributed by atoms with Crippen molar-refractivity contribution in [2.45, 2.75) is 6.92 Å². The summed E-state index contributed by atoms with van der Waals surface area (Å²) in [5, 5.41) is 13.9. The standard InChI is InChI=1S/C21H18.CH2O3/c1-17(16-18-8-4-2-5-9-18)19-12-14-21(15-13-19)20-10-6-3-7-11-20;2-1(3)4/h2-16H,1H3;(H2,2,3,4). The van der Waals surface area contributed by atoms with Crippen molar-refractivity contribution >= 4 is 17.8 Å². The lowest BCUT2D eigenvalue weighted by atomic mass is 10.00. The molecule has 0 fully saturated rings. The number of rotatable bonds is 3. The minimum absolute atomic E-state index is 1.24. The molecule has 0 heterocycles. The van der Waals surface area contributed by atoms with E-state index in [0.29, 0.717) is 0 Å². The Labute approximate surface area is 147 Å². The van der Waals surface area contributed by atoms with Crippen molar-refractivity contribution in [2.75, 3.05) is 0 Å². The van der Waals surface area contributed by atoms with Crippen molar-refractivity contribution in [3.8, 4) is 11.1 Å². The maximum atomic E-state index is 8.56. The molecule has 3 rings (SSSR count). The second-order valence-corrected chi connectivity index (χ2v) is 5.46. The Morgan fingerprint density at radius 1 is 0.720 bits per heavy atom. The first-order valence-corrected chi connectivity index (χ1v) is 7.87. The molecule has 2 N–H and O–H groups in total. The number of allylic oxidation sites excluding steroid dienone is 1. The average Bonchev–Trinajstić information content (AvgIpc) is 2.63. The highest BCUT2D eigenvalue weighted by Crippen LogP contribution is 2.23. The van der Waals surface area contributed by atoms with Crippen LogP contribution in [0.15, 0.2) is 84.9 Å². The normalized spacial score (nSPS) is 10.5. The van der Waals surface area contributed by atoms with Crippen molar-refractivity contribution in [3.63, 3.8) is 0 Å². The van der Waals surface area contributed by atoms with Gasteiger partial charge in [-0.1, -0.05) is 91.0 Å². The Balaban J connectivity index is 0.000000511.